The maximum atomic E-state index is 12.5. The fourth-order valence-corrected chi connectivity index (χ4v) is 5.15. The molecule has 1 aromatic carbocycles. The second-order valence-electron chi connectivity index (χ2n) is 7.32. The maximum absolute atomic E-state index is 12.5. The Bertz CT molecular complexity index is 990. The third-order valence-corrected chi connectivity index (χ3v) is 6.77. The number of carbonyl (C=O) groups is 1. The summed E-state index contributed by atoms with van der Waals surface area (Å²) in [6, 6.07) is 10.1. The molecule has 152 valence electrons. The quantitative estimate of drug-likeness (QED) is 0.615. The summed E-state index contributed by atoms with van der Waals surface area (Å²) in [5.41, 5.74) is 4.01. The minimum absolute atomic E-state index is 0.0543. The molecular weight excluding hydrogens is 402 g/mol. The molecule has 2 aromatic heterocycles. The van der Waals surface area contributed by atoms with Crippen LogP contribution >= 0.6 is 23.1 Å². The molecule has 0 bridgehead atoms. The molecular formula is C22H25N3O2S2. The van der Waals surface area contributed by atoms with E-state index >= 15 is 0 Å². The fraction of sp³-hybridized carbons (Fsp3) is 0.364. The number of furan rings is 1. The Morgan fingerprint density at radius 2 is 2.03 bits per heavy atom. The van der Waals surface area contributed by atoms with Gasteiger partial charge in [0.2, 0.25) is 5.91 Å². The van der Waals surface area contributed by atoms with Gasteiger partial charge >= 0.3 is 0 Å². The molecule has 1 N–H and O–H groups in total. The summed E-state index contributed by atoms with van der Waals surface area (Å²) in [7, 11) is 0. The van der Waals surface area contributed by atoms with Crippen LogP contribution in [0.25, 0.3) is 10.8 Å². The molecule has 0 unspecified atom stereocenters. The number of carbonyl (C=O) groups excluding carboxylic acids is 1. The smallest absolute Gasteiger partial charge is 0.230 e. The number of rotatable bonds is 6. The predicted molar refractivity (Wildman–Crippen MR) is 121 cm³/mol. The minimum Gasteiger partial charge on any atom is -0.459 e. The normalized spacial score (nSPS) is 14.8. The van der Waals surface area contributed by atoms with E-state index in [0.29, 0.717) is 0 Å². The molecule has 0 aliphatic carbocycles. The van der Waals surface area contributed by atoms with Gasteiger partial charge < -0.3 is 9.73 Å². The number of anilines is 1. The highest BCUT2D eigenvalue weighted by atomic mass is 32.2. The number of aryl methyl sites for hydroxylation is 2. The molecule has 3 aromatic rings. The number of amides is 1. The molecule has 7 heteroatoms. The summed E-state index contributed by atoms with van der Waals surface area (Å²) in [6.45, 7) is 7.23. The van der Waals surface area contributed by atoms with E-state index in [4.69, 9.17) is 4.42 Å². The Balaban J connectivity index is 1.35. The van der Waals surface area contributed by atoms with Crippen molar-refractivity contribution in [2.24, 2.45) is 0 Å². The monoisotopic (exact) mass is 427 g/mol. The van der Waals surface area contributed by atoms with Gasteiger partial charge in [-0.05, 0) is 43.2 Å². The molecule has 1 fully saturated rings. The third kappa shape index (κ3) is 5.29. The Morgan fingerprint density at radius 3 is 2.76 bits per heavy atom. The molecule has 4 rings (SSSR count). The van der Waals surface area contributed by atoms with E-state index in [1.165, 1.54) is 28.4 Å². The van der Waals surface area contributed by atoms with Crippen LogP contribution in [0.1, 0.15) is 22.6 Å². The van der Waals surface area contributed by atoms with Crippen molar-refractivity contribution in [3.05, 3.63) is 58.3 Å². The van der Waals surface area contributed by atoms with E-state index < -0.39 is 0 Å². The van der Waals surface area contributed by atoms with Crippen LogP contribution < -0.4 is 5.32 Å². The molecule has 3 heterocycles. The molecule has 1 amide bonds. The topological polar surface area (TPSA) is 58.4 Å². The summed E-state index contributed by atoms with van der Waals surface area (Å²) in [5.74, 6) is 3.97. The Kier molecular flexibility index (Phi) is 6.37. The van der Waals surface area contributed by atoms with Crippen molar-refractivity contribution < 1.29 is 9.21 Å². The first kappa shape index (κ1) is 20.2. The minimum atomic E-state index is -0.0543. The van der Waals surface area contributed by atoms with Crippen LogP contribution in [0, 0.1) is 13.8 Å². The van der Waals surface area contributed by atoms with Crippen LogP contribution in [0.15, 0.2) is 40.1 Å². The first-order chi connectivity index (χ1) is 14.1. The van der Waals surface area contributed by atoms with Gasteiger partial charge in [0.05, 0.1) is 12.1 Å². The van der Waals surface area contributed by atoms with Crippen LogP contribution in [-0.4, -0.2) is 40.4 Å². The van der Waals surface area contributed by atoms with Gasteiger partial charge in [-0.3, -0.25) is 9.69 Å². The van der Waals surface area contributed by atoms with Gasteiger partial charge in [-0.1, -0.05) is 12.1 Å². The zero-order valence-corrected chi connectivity index (χ0v) is 18.4. The second kappa shape index (κ2) is 9.15. The van der Waals surface area contributed by atoms with E-state index in [1.54, 1.807) is 0 Å². The summed E-state index contributed by atoms with van der Waals surface area (Å²) in [5, 5.41) is 5.75. The van der Waals surface area contributed by atoms with Gasteiger partial charge in [0.15, 0.2) is 10.8 Å². The SMILES string of the molecule is Cc1ccc(-c2nc(CC(=O)Nc3ccc(CN4CCSCC4)cc3C)cs2)o1. The van der Waals surface area contributed by atoms with Crippen LogP contribution in [0.5, 0.6) is 0 Å². The lowest BCUT2D eigenvalue weighted by atomic mass is 10.1. The molecule has 0 radical (unpaired) electrons. The largest absolute Gasteiger partial charge is 0.459 e. The van der Waals surface area contributed by atoms with Gasteiger partial charge in [0.1, 0.15) is 5.76 Å². The Labute approximate surface area is 179 Å². The lowest BCUT2D eigenvalue weighted by Crippen LogP contribution is -2.31. The molecule has 1 aliphatic rings. The average Bonchev–Trinajstić information content (AvgIpc) is 3.34. The summed E-state index contributed by atoms with van der Waals surface area (Å²) in [4.78, 5) is 19.5. The second-order valence-corrected chi connectivity index (χ2v) is 9.40. The Morgan fingerprint density at radius 1 is 1.21 bits per heavy atom. The average molecular weight is 428 g/mol. The molecule has 29 heavy (non-hydrogen) atoms. The van der Waals surface area contributed by atoms with Crippen molar-refractivity contribution in [1.82, 2.24) is 9.88 Å². The lowest BCUT2D eigenvalue weighted by Gasteiger charge is -2.26. The number of thioether (sulfide) groups is 1. The van der Waals surface area contributed by atoms with Gasteiger partial charge in [0, 0.05) is 42.2 Å². The number of benzene rings is 1. The number of nitrogens with one attached hydrogen (secondary N) is 1. The van der Waals surface area contributed by atoms with Crippen LogP contribution in [0.4, 0.5) is 5.69 Å². The van der Waals surface area contributed by atoms with Gasteiger partial charge in [0.25, 0.3) is 0 Å². The number of thiazole rings is 1. The van der Waals surface area contributed by atoms with Crippen LogP contribution in [0.2, 0.25) is 0 Å². The first-order valence-corrected chi connectivity index (χ1v) is 11.8. The van der Waals surface area contributed by atoms with Crippen molar-refractivity contribution in [2.45, 2.75) is 26.8 Å². The lowest BCUT2D eigenvalue weighted by molar-refractivity contribution is -0.115. The molecule has 0 atom stereocenters. The molecule has 1 aliphatic heterocycles. The van der Waals surface area contributed by atoms with Crippen molar-refractivity contribution in [3.63, 3.8) is 0 Å². The van der Waals surface area contributed by atoms with Crippen LogP contribution in [0.3, 0.4) is 0 Å². The van der Waals surface area contributed by atoms with Crippen molar-refractivity contribution in [2.75, 3.05) is 29.9 Å². The Hall–Kier alpha value is -2.09. The third-order valence-electron chi connectivity index (χ3n) is 4.92. The van der Waals surface area contributed by atoms with Crippen LogP contribution in [-0.2, 0) is 17.8 Å². The number of hydrogen-bond donors (Lipinski definition) is 1. The molecule has 5 nitrogen and oxygen atoms in total. The number of nitrogens with zero attached hydrogens (tertiary/aromatic N) is 2. The molecule has 0 spiro atoms. The standard InChI is InChI=1S/C22H25N3O2S2/c1-15-11-17(13-25-7-9-28-10-8-25)4-5-19(15)24-21(26)12-18-14-29-22(23-18)20-6-3-16(2)27-20/h3-6,11,14H,7-10,12-13H2,1-2H3,(H,24,26). The van der Waals surface area contributed by atoms with Gasteiger partial charge in [-0.15, -0.1) is 11.3 Å². The summed E-state index contributed by atoms with van der Waals surface area (Å²) in [6.07, 6.45) is 0.253. The van der Waals surface area contributed by atoms with Gasteiger partial charge in [-0.25, -0.2) is 4.98 Å². The van der Waals surface area contributed by atoms with Gasteiger partial charge in [-0.2, -0.15) is 11.8 Å². The highest BCUT2D eigenvalue weighted by Gasteiger charge is 2.14. The van der Waals surface area contributed by atoms with E-state index in [-0.39, 0.29) is 12.3 Å². The van der Waals surface area contributed by atoms with Crippen molar-refractivity contribution >= 4 is 34.7 Å². The zero-order chi connectivity index (χ0) is 20.2. The summed E-state index contributed by atoms with van der Waals surface area (Å²) < 4.78 is 5.61. The zero-order valence-electron chi connectivity index (χ0n) is 16.7. The van der Waals surface area contributed by atoms with Crippen molar-refractivity contribution in [1.29, 1.82) is 0 Å². The predicted octanol–water partition coefficient (Wildman–Crippen LogP) is 4.75. The number of hydrogen-bond acceptors (Lipinski definition) is 6. The number of aromatic nitrogens is 1. The maximum Gasteiger partial charge on any atom is 0.230 e. The van der Waals surface area contributed by atoms with E-state index in [0.717, 1.165) is 53.1 Å². The highest BCUT2D eigenvalue weighted by molar-refractivity contribution is 7.99. The van der Waals surface area contributed by atoms with E-state index in [2.05, 4.69) is 27.3 Å². The fourth-order valence-electron chi connectivity index (χ4n) is 3.39. The molecule has 1 saturated heterocycles. The highest BCUT2D eigenvalue weighted by Crippen LogP contribution is 2.26. The summed E-state index contributed by atoms with van der Waals surface area (Å²) >= 11 is 3.52. The molecule has 0 saturated carbocycles. The first-order valence-electron chi connectivity index (χ1n) is 9.77. The van der Waals surface area contributed by atoms with E-state index in [1.807, 2.05) is 49.2 Å². The van der Waals surface area contributed by atoms with E-state index in [9.17, 15) is 4.79 Å². The van der Waals surface area contributed by atoms with Crippen molar-refractivity contribution in [3.8, 4) is 10.8 Å².